The Labute approximate surface area is 111 Å². The Morgan fingerprint density at radius 2 is 2.21 bits per heavy atom. The Hall–Kier alpha value is -2.37. The van der Waals surface area contributed by atoms with E-state index in [1.807, 2.05) is 24.3 Å². The molecule has 0 aliphatic carbocycles. The molecule has 6 heteroatoms. The van der Waals surface area contributed by atoms with Crippen molar-refractivity contribution >= 4 is 11.9 Å². The molecule has 0 saturated carbocycles. The highest BCUT2D eigenvalue weighted by Crippen LogP contribution is 2.25. The van der Waals surface area contributed by atoms with E-state index in [2.05, 4.69) is 34.3 Å². The molecule has 1 amide bonds. The Morgan fingerprint density at radius 1 is 1.42 bits per heavy atom. The molecule has 1 aromatic carbocycles. The summed E-state index contributed by atoms with van der Waals surface area (Å²) in [4.78, 5) is 15.4. The van der Waals surface area contributed by atoms with Gasteiger partial charge >= 0.3 is 0 Å². The molecule has 0 aliphatic heterocycles. The Morgan fingerprint density at radius 3 is 2.89 bits per heavy atom. The standard InChI is InChI=1S/C13H16N4O2/c1-9(2)10-5-3-4-6-11(10)19-7-12(18)16-13-14-8-15-17-13/h3-6,8-9H,7H2,1-2H3,(H2,14,15,16,17,18). The molecular formula is C13H16N4O2. The largest absolute Gasteiger partial charge is 0.483 e. The molecule has 0 atom stereocenters. The van der Waals surface area contributed by atoms with E-state index in [0.29, 0.717) is 11.9 Å². The SMILES string of the molecule is CC(C)c1ccccc1OCC(=O)Nc1ncn[nH]1. The Kier molecular flexibility index (Phi) is 4.12. The van der Waals surface area contributed by atoms with Crippen LogP contribution in [0.4, 0.5) is 5.95 Å². The third-order valence-electron chi connectivity index (χ3n) is 2.57. The third-order valence-corrected chi connectivity index (χ3v) is 2.57. The highest BCUT2D eigenvalue weighted by molar-refractivity contribution is 5.90. The van der Waals surface area contributed by atoms with Crippen molar-refractivity contribution in [2.24, 2.45) is 0 Å². The average molecular weight is 260 g/mol. The summed E-state index contributed by atoms with van der Waals surface area (Å²) < 4.78 is 5.53. The zero-order valence-electron chi connectivity index (χ0n) is 10.9. The molecule has 1 aromatic heterocycles. The number of H-pyrrole nitrogens is 1. The van der Waals surface area contributed by atoms with Gasteiger partial charge in [0.05, 0.1) is 0 Å². The van der Waals surface area contributed by atoms with E-state index in [1.165, 1.54) is 6.33 Å². The summed E-state index contributed by atoms with van der Waals surface area (Å²) in [5, 5.41) is 8.73. The van der Waals surface area contributed by atoms with Gasteiger partial charge in [0.1, 0.15) is 12.1 Å². The minimum atomic E-state index is -0.282. The van der Waals surface area contributed by atoms with Crippen LogP contribution in [0, 0.1) is 0 Å². The first-order chi connectivity index (χ1) is 9.16. The molecule has 0 fully saturated rings. The summed E-state index contributed by atoms with van der Waals surface area (Å²) in [5.41, 5.74) is 1.08. The van der Waals surface area contributed by atoms with Crippen LogP contribution in [-0.4, -0.2) is 27.7 Å². The lowest BCUT2D eigenvalue weighted by Crippen LogP contribution is -2.21. The predicted molar refractivity (Wildman–Crippen MR) is 71.0 cm³/mol. The number of carbonyl (C=O) groups excluding carboxylic acids is 1. The monoisotopic (exact) mass is 260 g/mol. The molecule has 0 saturated heterocycles. The maximum atomic E-state index is 11.6. The fourth-order valence-corrected chi connectivity index (χ4v) is 1.67. The lowest BCUT2D eigenvalue weighted by molar-refractivity contribution is -0.118. The number of para-hydroxylation sites is 1. The van der Waals surface area contributed by atoms with Crippen LogP contribution >= 0.6 is 0 Å². The number of benzene rings is 1. The van der Waals surface area contributed by atoms with Crippen molar-refractivity contribution in [2.45, 2.75) is 19.8 Å². The second-order valence-electron chi connectivity index (χ2n) is 4.36. The van der Waals surface area contributed by atoms with E-state index in [0.717, 1.165) is 11.3 Å². The van der Waals surface area contributed by atoms with Gasteiger partial charge in [-0.2, -0.15) is 10.1 Å². The number of hydrogen-bond acceptors (Lipinski definition) is 4. The number of nitrogens with one attached hydrogen (secondary N) is 2. The van der Waals surface area contributed by atoms with Crippen molar-refractivity contribution in [3.05, 3.63) is 36.2 Å². The van der Waals surface area contributed by atoms with E-state index in [-0.39, 0.29) is 12.5 Å². The minimum absolute atomic E-state index is 0.0650. The van der Waals surface area contributed by atoms with Crippen LogP contribution in [-0.2, 0) is 4.79 Å². The molecule has 6 nitrogen and oxygen atoms in total. The maximum absolute atomic E-state index is 11.6. The Balaban J connectivity index is 1.93. The molecule has 0 spiro atoms. The lowest BCUT2D eigenvalue weighted by Gasteiger charge is -2.13. The summed E-state index contributed by atoms with van der Waals surface area (Å²) in [6.45, 7) is 4.10. The van der Waals surface area contributed by atoms with Gasteiger partial charge in [-0.3, -0.25) is 10.1 Å². The molecule has 0 aliphatic rings. The van der Waals surface area contributed by atoms with Gasteiger partial charge < -0.3 is 4.74 Å². The zero-order chi connectivity index (χ0) is 13.7. The second kappa shape index (κ2) is 5.99. The van der Waals surface area contributed by atoms with Gasteiger partial charge in [0.2, 0.25) is 5.95 Å². The second-order valence-corrected chi connectivity index (χ2v) is 4.36. The molecular weight excluding hydrogens is 244 g/mol. The summed E-state index contributed by atoms with van der Waals surface area (Å²) in [5.74, 6) is 1.10. The number of amides is 1. The molecule has 0 unspecified atom stereocenters. The quantitative estimate of drug-likeness (QED) is 0.861. The summed E-state index contributed by atoms with van der Waals surface area (Å²) >= 11 is 0. The van der Waals surface area contributed by atoms with Gasteiger partial charge in [0.15, 0.2) is 6.61 Å². The number of rotatable bonds is 5. The van der Waals surface area contributed by atoms with E-state index >= 15 is 0 Å². The molecule has 19 heavy (non-hydrogen) atoms. The van der Waals surface area contributed by atoms with Gasteiger partial charge in [-0.15, -0.1) is 0 Å². The van der Waals surface area contributed by atoms with Gasteiger partial charge in [-0.05, 0) is 17.5 Å². The van der Waals surface area contributed by atoms with Crippen molar-refractivity contribution in [2.75, 3.05) is 11.9 Å². The first kappa shape index (κ1) is 13.1. The molecule has 100 valence electrons. The smallest absolute Gasteiger partial charge is 0.264 e. The fourth-order valence-electron chi connectivity index (χ4n) is 1.67. The van der Waals surface area contributed by atoms with Gasteiger partial charge in [-0.25, -0.2) is 5.10 Å². The van der Waals surface area contributed by atoms with Crippen molar-refractivity contribution in [1.29, 1.82) is 0 Å². The highest BCUT2D eigenvalue weighted by Gasteiger charge is 2.09. The van der Waals surface area contributed by atoms with Crippen LogP contribution in [0.5, 0.6) is 5.75 Å². The van der Waals surface area contributed by atoms with E-state index in [4.69, 9.17) is 4.74 Å². The summed E-state index contributed by atoms with van der Waals surface area (Å²) in [7, 11) is 0. The summed E-state index contributed by atoms with van der Waals surface area (Å²) in [6.07, 6.45) is 1.32. The van der Waals surface area contributed by atoms with Gasteiger partial charge in [0.25, 0.3) is 5.91 Å². The predicted octanol–water partition coefficient (Wildman–Crippen LogP) is 1.95. The Bertz CT molecular complexity index is 537. The number of nitrogens with zero attached hydrogens (tertiary/aromatic N) is 2. The highest BCUT2D eigenvalue weighted by atomic mass is 16.5. The van der Waals surface area contributed by atoms with Crippen LogP contribution in [0.3, 0.4) is 0 Å². The topological polar surface area (TPSA) is 79.9 Å². The third kappa shape index (κ3) is 3.54. The van der Waals surface area contributed by atoms with E-state index < -0.39 is 0 Å². The van der Waals surface area contributed by atoms with Crippen LogP contribution in [0.15, 0.2) is 30.6 Å². The van der Waals surface area contributed by atoms with Crippen molar-refractivity contribution < 1.29 is 9.53 Å². The van der Waals surface area contributed by atoms with E-state index in [1.54, 1.807) is 0 Å². The average Bonchev–Trinajstić information content (AvgIpc) is 2.89. The molecule has 0 radical (unpaired) electrons. The number of anilines is 1. The van der Waals surface area contributed by atoms with Gasteiger partial charge in [0, 0.05) is 0 Å². The van der Waals surface area contributed by atoms with Crippen molar-refractivity contribution in [3.63, 3.8) is 0 Å². The molecule has 2 aromatic rings. The lowest BCUT2D eigenvalue weighted by atomic mass is 10.0. The van der Waals surface area contributed by atoms with Crippen molar-refractivity contribution in [1.82, 2.24) is 15.2 Å². The number of ether oxygens (including phenoxy) is 1. The van der Waals surface area contributed by atoms with Crippen LogP contribution in [0.1, 0.15) is 25.3 Å². The van der Waals surface area contributed by atoms with Crippen LogP contribution in [0.25, 0.3) is 0 Å². The van der Waals surface area contributed by atoms with Crippen molar-refractivity contribution in [3.8, 4) is 5.75 Å². The number of aromatic nitrogens is 3. The maximum Gasteiger partial charge on any atom is 0.264 e. The fraction of sp³-hybridized carbons (Fsp3) is 0.308. The molecule has 2 rings (SSSR count). The van der Waals surface area contributed by atoms with Gasteiger partial charge in [-0.1, -0.05) is 32.0 Å². The number of carbonyl (C=O) groups is 1. The molecule has 1 heterocycles. The zero-order valence-corrected chi connectivity index (χ0v) is 10.9. The number of hydrogen-bond donors (Lipinski definition) is 2. The van der Waals surface area contributed by atoms with Crippen LogP contribution < -0.4 is 10.1 Å². The minimum Gasteiger partial charge on any atom is -0.483 e. The summed E-state index contributed by atoms with van der Waals surface area (Å²) in [6, 6.07) is 7.69. The molecule has 0 bridgehead atoms. The molecule has 2 N–H and O–H groups in total. The van der Waals surface area contributed by atoms with E-state index in [9.17, 15) is 4.79 Å². The van der Waals surface area contributed by atoms with Crippen LogP contribution in [0.2, 0.25) is 0 Å². The first-order valence-electron chi connectivity index (χ1n) is 6.03. The first-order valence-corrected chi connectivity index (χ1v) is 6.03. The normalized spacial score (nSPS) is 10.5. The number of aromatic amines is 1.